The van der Waals surface area contributed by atoms with Gasteiger partial charge in [-0.25, -0.2) is 9.18 Å². The summed E-state index contributed by atoms with van der Waals surface area (Å²) in [6.45, 7) is 4.12. The van der Waals surface area contributed by atoms with E-state index in [1.54, 1.807) is 13.0 Å². The van der Waals surface area contributed by atoms with E-state index in [0.717, 1.165) is 5.56 Å². The largest absolute Gasteiger partial charge is 0.481 e. The normalized spacial score (nSPS) is 11.8. The average molecular weight is 296 g/mol. The Bertz CT molecular complexity index is 506. The van der Waals surface area contributed by atoms with Crippen LogP contribution >= 0.6 is 0 Å². The van der Waals surface area contributed by atoms with Crippen LogP contribution in [0.25, 0.3) is 0 Å². The minimum Gasteiger partial charge on any atom is -0.481 e. The number of halogens is 1. The fourth-order valence-electron chi connectivity index (χ4n) is 1.83. The third-order valence-corrected chi connectivity index (χ3v) is 3.15. The number of urea groups is 1. The Balaban J connectivity index is 2.29. The predicted octanol–water partition coefficient (Wildman–Crippen LogP) is 3.15. The number of aliphatic carboxylic acids is 1. The van der Waals surface area contributed by atoms with E-state index < -0.39 is 17.8 Å². The molecule has 0 aromatic heterocycles. The van der Waals surface area contributed by atoms with Crippen LogP contribution in [0.1, 0.15) is 31.7 Å². The molecule has 1 aromatic carbocycles. The summed E-state index contributed by atoms with van der Waals surface area (Å²) in [7, 11) is 0. The second-order valence-electron chi connectivity index (χ2n) is 5.19. The van der Waals surface area contributed by atoms with Gasteiger partial charge in [-0.3, -0.25) is 4.79 Å². The third kappa shape index (κ3) is 6.74. The summed E-state index contributed by atoms with van der Waals surface area (Å²) in [5, 5.41) is 13.6. The average Bonchev–Trinajstić information content (AvgIpc) is 2.39. The van der Waals surface area contributed by atoms with Crippen molar-refractivity contribution in [2.24, 2.45) is 5.92 Å². The summed E-state index contributed by atoms with van der Waals surface area (Å²) >= 11 is 0. The van der Waals surface area contributed by atoms with Gasteiger partial charge in [0.05, 0.1) is 5.69 Å². The Morgan fingerprint density at radius 3 is 2.67 bits per heavy atom. The quantitative estimate of drug-likeness (QED) is 0.723. The van der Waals surface area contributed by atoms with E-state index in [0.29, 0.717) is 19.4 Å². The molecule has 21 heavy (non-hydrogen) atoms. The molecule has 5 nitrogen and oxygen atoms in total. The zero-order valence-electron chi connectivity index (χ0n) is 12.3. The van der Waals surface area contributed by atoms with Crippen LogP contribution in [0.4, 0.5) is 14.9 Å². The molecule has 0 aliphatic heterocycles. The molecule has 1 rings (SSSR count). The Hall–Kier alpha value is -2.11. The SMILES string of the molecule is Cc1ccc(NC(=O)NCCC(C)CCC(=O)O)c(F)c1. The maximum absolute atomic E-state index is 13.5. The molecule has 3 N–H and O–H groups in total. The maximum Gasteiger partial charge on any atom is 0.319 e. The molecular weight excluding hydrogens is 275 g/mol. The van der Waals surface area contributed by atoms with Gasteiger partial charge < -0.3 is 15.7 Å². The van der Waals surface area contributed by atoms with Gasteiger partial charge in [0.2, 0.25) is 0 Å². The lowest BCUT2D eigenvalue weighted by Gasteiger charge is -2.12. The van der Waals surface area contributed by atoms with E-state index in [1.165, 1.54) is 12.1 Å². The molecule has 0 aliphatic carbocycles. The van der Waals surface area contributed by atoms with Crippen LogP contribution in [0.2, 0.25) is 0 Å². The van der Waals surface area contributed by atoms with E-state index in [1.807, 2.05) is 6.92 Å². The van der Waals surface area contributed by atoms with Crippen LogP contribution < -0.4 is 10.6 Å². The molecule has 1 atom stereocenters. The summed E-state index contributed by atoms with van der Waals surface area (Å²) in [6, 6.07) is 4.11. The van der Waals surface area contributed by atoms with Crippen molar-refractivity contribution in [3.8, 4) is 0 Å². The lowest BCUT2D eigenvalue weighted by atomic mass is 10.0. The molecule has 1 unspecified atom stereocenters. The van der Waals surface area contributed by atoms with Crippen molar-refractivity contribution in [3.63, 3.8) is 0 Å². The van der Waals surface area contributed by atoms with Gasteiger partial charge >= 0.3 is 12.0 Å². The number of carboxylic acids is 1. The van der Waals surface area contributed by atoms with E-state index in [4.69, 9.17) is 5.11 Å². The molecule has 2 amide bonds. The molecule has 0 spiro atoms. The second kappa shape index (κ2) is 8.24. The molecule has 0 saturated heterocycles. The van der Waals surface area contributed by atoms with E-state index in [2.05, 4.69) is 10.6 Å². The van der Waals surface area contributed by atoms with Gasteiger partial charge in [0.25, 0.3) is 0 Å². The van der Waals surface area contributed by atoms with Crippen LogP contribution in [0.15, 0.2) is 18.2 Å². The molecule has 6 heteroatoms. The number of hydrogen-bond acceptors (Lipinski definition) is 2. The molecule has 0 radical (unpaired) electrons. The van der Waals surface area contributed by atoms with Crippen molar-refractivity contribution >= 4 is 17.7 Å². The van der Waals surface area contributed by atoms with Crippen molar-refractivity contribution in [3.05, 3.63) is 29.6 Å². The van der Waals surface area contributed by atoms with E-state index in [-0.39, 0.29) is 18.0 Å². The first-order valence-corrected chi connectivity index (χ1v) is 6.91. The minimum absolute atomic E-state index is 0.127. The van der Waals surface area contributed by atoms with E-state index in [9.17, 15) is 14.0 Å². The Labute approximate surface area is 123 Å². The van der Waals surface area contributed by atoms with Gasteiger partial charge in [-0.15, -0.1) is 0 Å². The molecule has 116 valence electrons. The molecule has 0 aliphatic rings. The van der Waals surface area contributed by atoms with Gasteiger partial charge in [-0.1, -0.05) is 13.0 Å². The number of hydrogen-bond donors (Lipinski definition) is 3. The molecule has 1 aromatic rings. The van der Waals surface area contributed by atoms with Gasteiger partial charge in [-0.05, 0) is 43.4 Å². The smallest absolute Gasteiger partial charge is 0.319 e. The summed E-state index contributed by atoms with van der Waals surface area (Å²) < 4.78 is 13.5. The molecule has 0 saturated carbocycles. The Kier molecular flexibility index (Phi) is 6.65. The minimum atomic E-state index is -0.817. The number of amides is 2. The molecule has 0 bridgehead atoms. The van der Waals surface area contributed by atoms with Crippen molar-refractivity contribution in [1.29, 1.82) is 0 Å². The highest BCUT2D eigenvalue weighted by Crippen LogP contribution is 2.15. The van der Waals surface area contributed by atoms with Crippen LogP contribution in [0, 0.1) is 18.7 Å². The van der Waals surface area contributed by atoms with E-state index >= 15 is 0 Å². The second-order valence-corrected chi connectivity index (χ2v) is 5.19. The zero-order chi connectivity index (χ0) is 15.8. The number of aryl methyl sites for hydroxylation is 1. The number of carbonyl (C=O) groups is 2. The van der Waals surface area contributed by atoms with Gasteiger partial charge in [0, 0.05) is 13.0 Å². The molecular formula is C15H21FN2O3. The van der Waals surface area contributed by atoms with Crippen LogP contribution in [0.3, 0.4) is 0 Å². The van der Waals surface area contributed by atoms with Crippen LogP contribution in [0.5, 0.6) is 0 Å². The van der Waals surface area contributed by atoms with Crippen molar-refractivity contribution in [1.82, 2.24) is 5.32 Å². The zero-order valence-corrected chi connectivity index (χ0v) is 12.3. The molecule has 0 fully saturated rings. The van der Waals surface area contributed by atoms with Gasteiger partial charge in [0.15, 0.2) is 0 Å². The first-order chi connectivity index (χ1) is 9.88. The number of rotatable bonds is 7. The Morgan fingerprint density at radius 2 is 2.05 bits per heavy atom. The standard InChI is InChI=1S/C15H21FN2O3/c1-10(4-6-14(19)20)7-8-17-15(21)18-13-5-3-11(2)9-12(13)16/h3,5,9-10H,4,6-8H2,1-2H3,(H,19,20)(H2,17,18,21). The van der Waals surface area contributed by atoms with Crippen LogP contribution in [-0.4, -0.2) is 23.7 Å². The summed E-state index contributed by atoms with van der Waals surface area (Å²) in [5.74, 6) is -1.08. The lowest BCUT2D eigenvalue weighted by Crippen LogP contribution is -2.30. The highest BCUT2D eigenvalue weighted by molar-refractivity contribution is 5.89. The van der Waals surface area contributed by atoms with Crippen LogP contribution in [-0.2, 0) is 4.79 Å². The first kappa shape index (κ1) is 16.9. The van der Waals surface area contributed by atoms with Crippen molar-refractivity contribution in [2.45, 2.75) is 33.1 Å². The number of carbonyl (C=O) groups excluding carboxylic acids is 1. The number of benzene rings is 1. The fourth-order valence-corrected chi connectivity index (χ4v) is 1.83. The number of nitrogens with one attached hydrogen (secondary N) is 2. The van der Waals surface area contributed by atoms with Crippen molar-refractivity contribution < 1.29 is 19.1 Å². The Morgan fingerprint density at radius 1 is 1.33 bits per heavy atom. The highest BCUT2D eigenvalue weighted by atomic mass is 19.1. The maximum atomic E-state index is 13.5. The highest BCUT2D eigenvalue weighted by Gasteiger charge is 2.08. The topological polar surface area (TPSA) is 78.4 Å². The lowest BCUT2D eigenvalue weighted by molar-refractivity contribution is -0.137. The monoisotopic (exact) mass is 296 g/mol. The third-order valence-electron chi connectivity index (χ3n) is 3.15. The van der Waals surface area contributed by atoms with Gasteiger partial charge in [0.1, 0.15) is 5.82 Å². The fraction of sp³-hybridized carbons (Fsp3) is 0.467. The number of anilines is 1. The van der Waals surface area contributed by atoms with Gasteiger partial charge in [-0.2, -0.15) is 0 Å². The summed E-state index contributed by atoms with van der Waals surface area (Å²) in [5.41, 5.74) is 0.919. The van der Waals surface area contributed by atoms with Crippen molar-refractivity contribution in [2.75, 3.05) is 11.9 Å². The predicted molar refractivity (Wildman–Crippen MR) is 78.8 cm³/mol. The number of carboxylic acid groups (broad SMARTS) is 1. The summed E-state index contributed by atoms with van der Waals surface area (Å²) in [6.07, 6.45) is 1.38. The molecule has 0 heterocycles. The summed E-state index contributed by atoms with van der Waals surface area (Å²) in [4.78, 5) is 22.0. The first-order valence-electron chi connectivity index (χ1n) is 6.91.